The summed E-state index contributed by atoms with van der Waals surface area (Å²) in [5.41, 5.74) is 8.85. The molecular formula is C45H34GeIrN4OS-2. The standard InChI is InChI=1S/C25H16N3S.C20H18GeNO.Ir/c1-16-14-15-19-18-10-7-11-20(23(18)29-25(19)26-16)24-27-21-12-5-6-13-22(21)28(24)17-8-3-2-4-9-17;1-21(2,3)14-11-12-18(22-13-14)17-9-6-8-16-15-7-4-5-10-19(15)23-20(16)17;/h2-10,12-15H,1H3;4-8,10-13H,1-3H3;/q2*-1;. The second-order valence-corrected chi connectivity index (χ2v) is 25.6. The zero-order chi connectivity index (χ0) is 35.4. The van der Waals surface area contributed by atoms with Gasteiger partial charge in [0.2, 0.25) is 0 Å². The molecule has 8 heteroatoms. The first-order chi connectivity index (χ1) is 25.3. The Morgan fingerprint density at radius 1 is 0.679 bits per heavy atom. The Morgan fingerprint density at radius 3 is 2.21 bits per heavy atom. The third kappa shape index (κ3) is 6.42. The van der Waals surface area contributed by atoms with Crippen molar-refractivity contribution in [1.82, 2.24) is 19.5 Å². The van der Waals surface area contributed by atoms with Gasteiger partial charge in [-0.1, -0.05) is 47.3 Å². The fourth-order valence-corrected chi connectivity index (χ4v) is 10.2. The van der Waals surface area contributed by atoms with Crippen molar-refractivity contribution < 1.29 is 24.5 Å². The molecule has 0 spiro atoms. The Bertz CT molecular complexity index is 2910. The first-order valence-electron chi connectivity index (χ1n) is 17.4. The van der Waals surface area contributed by atoms with Gasteiger partial charge in [-0.3, -0.25) is 4.98 Å². The summed E-state index contributed by atoms with van der Waals surface area (Å²) >= 11 is -0.119. The van der Waals surface area contributed by atoms with Crippen molar-refractivity contribution in [2.24, 2.45) is 0 Å². The van der Waals surface area contributed by atoms with Gasteiger partial charge in [0.25, 0.3) is 0 Å². The van der Waals surface area contributed by atoms with Gasteiger partial charge in [-0.05, 0) is 47.3 Å². The molecule has 0 N–H and O–H groups in total. The van der Waals surface area contributed by atoms with E-state index in [1.165, 1.54) is 19.9 Å². The SMILES string of the molecule is Cc1ccc2c(n1)sc1c(-c3nc4ccccc4n3-c3ccccc3)[c-]ccc12.[CH3][Ge]([CH3])([CH3])[c]1ccc(-c2[c-]ccc3c2oc2ccccc23)nc1.[Ir]. The summed E-state index contributed by atoms with van der Waals surface area (Å²) in [5.74, 6) is 8.04. The number of thiophene rings is 1. The Kier molecular flexibility index (Phi) is 9.37. The van der Waals surface area contributed by atoms with Gasteiger partial charge in [-0.25, -0.2) is 4.98 Å². The van der Waals surface area contributed by atoms with Crippen molar-refractivity contribution in [1.29, 1.82) is 0 Å². The van der Waals surface area contributed by atoms with Crippen LogP contribution in [0.15, 0.2) is 138 Å². The summed E-state index contributed by atoms with van der Waals surface area (Å²) in [6, 6.07) is 50.3. The van der Waals surface area contributed by atoms with Gasteiger partial charge in [0.1, 0.15) is 4.83 Å². The van der Waals surface area contributed by atoms with Crippen molar-refractivity contribution in [3.8, 4) is 28.3 Å². The molecule has 261 valence electrons. The number of benzene rings is 5. The van der Waals surface area contributed by atoms with Crippen LogP contribution in [0, 0.1) is 19.1 Å². The molecule has 5 heterocycles. The molecule has 0 aliphatic carbocycles. The van der Waals surface area contributed by atoms with Gasteiger partial charge >= 0.3 is 138 Å². The minimum atomic E-state index is -1.83. The number of aromatic nitrogens is 4. The van der Waals surface area contributed by atoms with E-state index < -0.39 is 13.3 Å². The van der Waals surface area contributed by atoms with E-state index >= 15 is 0 Å². The van der Waals surface area contributed by atoms with Crippen molar-refractivity contribution in [3.05, 3.63) is 151 Å². The molecule has 0 saturated carbocycles. The van der Waals surface area contributed by atoms with Crippen molar-refractivity contribution in [2.75, 3.05) is 0 Å². The van der Waals surface area contributed by atoms with E-state index in [-0.39, 0.29) is 20.1 Å². The minimum Gasteiger partial charge on any atom is 0 e. The van der Waals surface area contributed by atoms with Crippen molar-refractivity contribution in [2.45, 2.75) is 24.2 Å². The summed E-state index contributed by atoms with van der Waals surface area (Å²) in [4.78, 5) is 15.5. The average molecular weight is 944 g/mol. The summed E-state index contributed by atoms with van der Waals surface area (Å²) in [6.07, 6.45) is 2.03. The van der Waals surface area contributed by atoms with E-state index in [2.05, 4.69) is 119 Å². The number of rotatable bonds is 4. The van der Waals surface area contributed by atoms with Gasteiger partial charge in [0.05, 0.1) is 16.9 Å². The molecule has 0 fully saturated rings. The zero-order valence-electron chi connectivity index (χ0n) is 29.6. The van der Waals surface area contributed by atoms with Crippen LogP contribution in [0.1, 0.15) is 5.69 Å². The predicted octanol–water partition coefficient (Wildman–Crippen LogP) is 11.6. The number of fused-ring (bicyclic) bond motifs is 7. The van der Waals surface area contributed by atoms with Crippen LogP contribution in [0.25, 0.3) is 81.6 Å². The fourth-order valence-electron chi connectivity index (χ4n) is 6.78. The third-order valence-electron chi connectivity index (χ3n) is 9.46. The number of pyridine rings is 2. The van der Waals surface area contributed by atoms with Crippen LogP contribution in [0.3, 0.4) is 0 Å². The zero-order valence-corrected chi connectivity index (χ0v) is 35.0. The molecule has 0 bridgehead atoms. The Hall–Kier alpha value is -4.92. The maximum atomic E-state index is 6.08. The molecule has 5 aromatic heterocycles. The fraction of sp³-hybridized carbons (Fsp3) is 0.0889. The first kappa shape index (κ1) is 35.1. The van der Waals surface area contributed by atoms with E-state index in [4.69, 9.17) is 19.4 Å². The molecule has 0 amide bonds. The van der Waals surface area contributed by atoms with E-state index in [1.807, 2.05) is 55.6 Å². The summed E-state index contributed by atoms with van der Waals surface area (Å²) in [5, 5.41) is 4.65. The number of imidazole rings is 1. The van der Waals surface area contributed by atoms with Crippen molar-refractivity contribution >= 4 is 82.3 Å². The number of aryl methyl sites for hydroxylation is 1. The van der Waals surface area contributed by atoms with Crippen LogP contribution in [-0.4, -0.2) is 32.8 Å². The summed E-state index contributed by atoms with van der Waals surface area (Å²) in [6.45, 7) is 2.03. The number of hydrogen-bond donors (Lipinski definition) is 0. The topological polar surface area (TPSA) is 56.7 Å². The van der Waals surface area contributed by atoms with Crippen LogP contribution in [0.4, 0.5) is 0 Å². The molecule has 5 nitrogen and oxygen atoms in total. The minimum absolute atomic E-state index is 0. The third-order valence-corrected chi connectivity index (χ3v) is 14.8. The Labute approximate surface area is 328 Å². The quantitative estimate of drug-likeness (QED) is 0.130. The van der Waals surface area contributed by atoms with E-state index in [0.717, 1.165) is 71.8 Å². The molecular weight excluding hydrogens is 909 g/mol. The van der Waals surface area contributed by atoms with Crippen LogP contribution < -0.4 is 4.40 Å². The van der Waals surface area contributed by atoms with E-state index in [0.29, 0.717) is 0 Å². The Morgan fingerprint density at radius 2 is 1.42 bits per heavy atom. The molecule has 0 unspecified atom stereocenters. The van der Waals surface area contributed by atoms with Gasteiger partial charge in [-0.15, -0.1) is 18.2 Å². The van der Waals surface area contributed by atoms with Crippen LogP contribution in [0.5, 0.6) is 0 Å². The second kappa shape index (κ2) is 14.1. The number of nitrogens with zero attached hydrogens (tertiary/aromatic N) is 4. The van der Waals surface area contributed by atoms with Crippen LogP contribution >= 0.6 is 11.3 Å². The predicted molar refractivity (Wildman–Crippen MR) is 220 cm³/mol. The number of para-hydroxylation sites is 4. The van der Waals surface area contributed by atoms with Crippen LogP contribution in [-0.2, 0) is 20.1 Å². The summed E-state index contributed by atoms with van der Waals surface area (Å²) < 4.78 is 10.9. The van der Waals surface area contributed by atoms with Gasteiger partial charge in [0.15, 0.2) is 0 Å². The first-order valence-corrected chi connectivity index (χ1v) is 25.5. The second-order valence-electron chi connectivity index (χ2n) is 14.0. The average Bonchev–Trinajstić information content (AvgIpc) is 3.86. The maximum absolute atomic E-state index is 6.08. The molecule has 53 heavy (non-hydrogen) atoms. The molecule has 5 aromatic carbocycles. The number of furan rings is 1. The normalized spacial score (nSPS) is 11.6. The van der Waals surface area contributed by atoms with Gasteiger partial charge < -0.3 is 4.57 Å². The molecule has 0 aliphatic rings. The molecule has 0 atom stereocenters. The number of hydrogen-bond acceptors (Lipinski definition) is 5. The van der Waals surface area contributed by atoms with Gasteiger partial charge in [0, 0.05) is 31.5 Å². The molecule has 0 aliphatic heterocycles. The summed E-state index contributed by atoms with van der Waals surface area (Å²) in [7, 11) is 0. The van der Waals surface area contributed by atoms with E-state index in [1.54, 1.807) is 11.3 Å². The largest absolute Gasteiger partial charge is 0 e. The van der Waals surface area contributed by atoms with Crippen LogP contribution in [0.2, 0.25) is 17.3 Å². The Balaban J connectivity index is 0.000000152. The smallest absolute Gasteiger partial charge is 0 e. The monoisotopic (exact) mass is 945 g/mol. The maximum Gasteiger partial charge on any atom is 0 e. The molecule has 10 aromatic rings. The van der Waals surface area contributed by atoms with Gasteiger partial charge in [-0.2, -0.15) is 11.3 Å². The van der Waals surface area contributed by atoms with E-state index in [9.17, 15) is 0 Å². The molecule has 0 saturated heterocycles. The molecule has 1 radical (unpaired) electrons. The molecule has 10 rings (SSSR count). The van der Waals surface area contributed by atoms with Crippen molar-refractivity contribution in [3.63, 3.8) is 0 Å².